The van der Waals surface area contributed by atoms with Gasteiger partial charge >= 0.3 is 0 Å². The number of H-pyrrole nitrogens is 1. The Morgan fingerprint density at radius 3 is 2.71 bits per heavy atom. The normalized spacial score (nSPS) is 24.1. The first-order valence-electron chi connectivity index (χ1n) is 8.60. The number of aryl methyl sites for hydroxylation is 1. The standard InChI is InChI=1S/C16H23N7O/c1-9(2)13-18-14(20-19-13)12-7-23(6-11(12)10-4-5-10)16(24)15-17-8-22(3)21-15/h8-12H,4-7H2,1-3H3,(H,18,19,20)/t11-,12+/m1/s1. The molecular formula is C16H23N7O. The number of hydrogen-bond acceptors (Lipinski definition) is 5. The van der Waals surface area contributed by atoms with Crippen LogP contribution < -0.4 is 0 Å². The molecule has 3 heterocycles. The van der Waals surface area contributed by atoms with Gasteiger partial charge in [-0.15, -0.1) is 5.10 Å². The lowest BCUT2D eigenvalue weighted by Crippen LogP contribution is -2.30. The summed E-state index contributed by atoms with van der Waals surface area (Å²) in [6, 6.07) is 0. The monoisotopic (exact) mass is 329 g/mol. The minimum Gasteiger partial charge on any atom is -0.335 e. The van der Waals surface area contributed by atoms with Crippen molar-refractivity contribution in [2.24, 2.45) is 18.9 Å². The van der Waals surface area contributed by atoms with E-state index in [9.17, 15) is 4.79 Å². The Labute approximate surface area is 140 Å². The van der Waals surface area contributed by atoms with Crippen molar-refractivity contribution in [2.75, 3.05) is 13.1 Å². The van der Waals surface area contributed by atoms with Crippen molar-refractivity contribution in [1.82, 2.24) is 34.8 Å². The molecule has 0 bridgehead atoms. The Balaban J connectivity index is 1.56. The van der Waals surface area contributed by atoms with Crippen LogP contribution >= 0.6 is 0 Å². The molecule has 2 fully saturated rings. The summed E-state index contributed by atoms with van der Waals surface area (Å²) in [7, 11) is 1.77. The lowest BCUT2D eigenvalue weighted by molar-refractivity contribution is 0.0772. The number of nitrogens with one attached hydrogen (secondary N) is 1. The van der Waals surface area contributed by atoms with E-state index in [1.807, 2.05) is 4.90 Å². The van der Waals surface area contributed by atoms with Gasteiger partial charge in [0.2, 0.25) is 5.82 Å². The summed E-state index contributed by atoms with van der Waals surface area (Å²) in [5, 5.41) is 11.6. The fourth-order valence-electron chi connectivity index (χ4n) is 3.58. The molecular weight excluding hydrogens is 306 g/mol. The molecule has 1 N–H and O–H groups in total. The molecule has 4 rings (SSSR count). The number of amides is 1. The summed E-state index contributed by atoms with van der Waals surface area (Å²) in [6.45, 7) is 5.58. The first kappa shape index (κ1) is 15.3. The van der Waals surface area contributed by atoms with E-state index in [4.69, 9.17) is 0 Å². The number of hydrogen-bond donors (Lipinski definition) is 1. The number of nitrogens with zero attached hydrogens (tertiary/aromatic N) is 6. The summed E-state index contributed by atoms with van der Waals surface area (Å²) in [6.07, 6.45) is 4.05. The zero-order valence-corrected chi connectivity index (χ0v) is 14.3. The molecule has 0 spiro atoms. The number of carbonyl (C=O) groups excluding carboxylic acids is 1. The van der Waals surface area contributed by atoms with Crippen LogP contribution in [0.2, 0.25) is 0 Å². The molecule has 128 valence electrons. The average Bonchev–Trinajstić information content (AvgIpc) is 2.99. The Hall–Kier alpha value is -2.25. The zero-order valence-electron chi connectivity index (χ0n) is 14.3. The van der Waals surface area contributed by atoms with Gasteiger partial charge in [0.25, 0.3) is 5.91 Å². The number of aromatic nitrogens is 6. The van der Waals surface area contributed by atoms with E-state index in [0.29, 0.717) is 24.3 Å². The van der Waals surface area contributed by atoms with Gasteiger partial charge in [-0.1, -0.05) is 13.8 Å². The maximum atomic E-state index is 12.7. The molecule has 0 radical (unpaired) electrons. The van der Waals surface area contributed by atoms with E-state index < -0.39 is 0 Å². The smallest absolute Gasteiger partial charge is 0.293 e. The van der Waals surface area contributed by atoms with Gasteiger partial charge < -0.3 is 4.90 Å². The lowest BCUT2D eigenvalue weighted by atomic mass is 9.91. The van der Waals surface area contributed by atoms with Gasteiger partial charge in [0, 0.05) is 32.0 Å². The lowest BCUT2D eigenvalue weighted by Gasteiger charge is -2.14. The summed E-state index contributed by atoms with van der Waals surface area (Å²) >= 11 is 0. The topological polar surface area (TPSA) is 92.6 Å². The fourth-order valence-corrected chi connectivity index (χ4v) is 3.58. The summed E-state index contributed by atoms with van der Waals surface area (Å²) in [5.41, 5.74) is 0. The van der Waals surface area contributed by atoms with Gasteiger partial charge in [-0.2, -0.15) is 5.10 Å². The molecule has 1 aliphatic heterocycles. The molecule has 8 heteroatoms. The third-order valence-corrected chi connectivity index (χ3v) is 5.06. The van der Waals surface area contributed by atoms with E-state index in [2.05, 4.69) is 39.1 Å². The molecule has 1 saturated carbocycles. The van der Waals surface area contributed by atoms with Crippen molar-refractivity contribution in [3.63, 3.8) is 0 Å². The van der Waals surface area contributed by atoms with Crippen LogP contribution in [0.15, 0.2) is 6.33 Å². The van der Waals surface area contributed by atoms with E-state index in [0.717, 1.165) is 18.2 Å². The van der Waals surface area contributed by atoms with Crippen LogP contribution in [0.4, 0.5) is 0 Å². The zero-order chi connectivity index (χ0) is 16.8. The Morgan fingerprint density at radius 2 is 2.12 bits per heavy atom. The maximum absolute atomic E-state index is 12.7. The van der Waals surface area contributed by atoms with Gasteiger partial charge in [-0.25, -0.2) is 9.97 Å². The highest BCUT2D eigenvalue weighted by Crippen LogP contribution is 2.47. The van der Waals surface area contributed by atoms with Gasteiger partial charge in [0.05, 0.1) is 0 Å². The molecule has 1 amide bonds. The molecule has 1 saturated heterocycles. The van der Waals surface area contributed by atoms with Crippen LogP contribution in [-0.2, 0) is 7.05 Å². The molecule has 2 aliphatic rings. The summed E-state index contributed by atoms with van der Waals surface area (Å²) in [5.74, 6) is 3.61. The van der Waals surface area contributed by atoms with Gasteiger partial charge in [0.15, 0.2) is 5.82 Å². The minimum atomic E-state index is -0.0904. The van der Waals surface area contributed by atoms with Crippen molar-refractivity contribution < 1.29 is 4.79 Å². The predicted octanol–water partition coefficient (Wildman–Crippen LogP) is 1.32. The molecule has 0 unspecified atom stereocenters. The van der Waals surface area contributed by atoms with Gasteiger partial charge in [-0.3, -0.25) is 14.6 Å². The Bertz CT molecular complexity index is 745. The highest BCUT2D eigenvalue weighted by Gasteiger charge is 2.46. The minimum absolute atomic E-state index is 0.0904. The first-order valence-corrected chi connectivity index (χ1v) is 8.60. The summed E-state index contributed by atoms with van der Waals surface area (Å²) in [4.78, 5) is 23.3. The fraction of sp³-hybridized carbons (Fsp3) is 0.688. The second-order valence-electron chi connectivity index (χ2n) is 7.29. The predicted molar refractivity (Wildman–Crippen MR) is 86.3 cm³/mol. The highest BCUT2D eigenvalue weighted by molar-refractivity contribution is 5.90. The number of carbonyl (C=O) groups is 1. The van der Waals surface area contributed by atoms with E-state index in [1.54, 1.807) is 18.1 Å². The third-order valence-electron chi connectivity index (χ3n) is 5.06. The third kappa shape index (κ3) is 2.70. The maximum Gasteiger partial charge on any atom is 0.293 e. The average molecular weight is 329 g/mol. The van der Waals surface area contributed by atoms with Crippen LogP contribution in [0.3, 0.4) is 0 Å². The molecule has 2 atom stereocenters. The molecule has 0 aromatic carbocycles. The van der Waals surface area contributed by atoms with Crippen molar-refractivity contribution in [2.45, 2.75) is 38.5 Å². The second kappa shape index (κ2) is 5.68. The van der Waals surface area contributed by atoms with Crippen LogP contribution in [0.1, 0.15) is 60.8 Å². The first-order chi connectivity index (χ1) is 11.5. The highest BCUT2D eigenvalue weighted by atomic mass is 16.2. The Kier molecular flexibility index (Phi) is 3.62. The molecule has 2 aromatic heterocycles. The van der Waals surface area contributed by atoms with Crippen molar-refractivity contribution in [3.05, 3.63) is 23.8 Å². The SMILES string of the molecule is CC(C)c1n[nH]c([C@H]2CN(C(=O)c3ncn(C)n3)C[C@@H]2C2CC2)n1. The molecule has 24 heavy (non-hydrogen) atoms. The van der Waals surface area contributed by atoms with Gasteiger partial charge in [0.1, 0.15) is 12.2 Å². The van der Waals surface area contributed by atoms with Crippen molar-refractivity contribution >= 4 is 5.91 Å². The van der Waals surface area contributed by atoms with Crippen LogP contribution in [-0.4, -0.2) is 53.8 Å². The van der Waals surface area contributed by atoms with E-state index in [-0.39, 0.29) is 17.6 Å². The van der Waals surface area contributed by atoms with E-state index >= 15 is 0 Å². The molecule has 2 aromatic rings. The molecule has 8 nitrogen and oxygen atoms in total. The quantitative estimate of drug-likeness (QED) is 0.913. The van der Waals surface area contributed by atoms with Gasteiger partial charge in [-0.05, 0) is 24.7 Å². The Morgan fingerprint density at radius 1 is 1.33 bits per heavy atom. The second-order valence-corrected chi connectivity index (χ2v) is 7.29. The van der Waals surface area contributed by atoms with Crippen molar-refractivity contribution in [1.29, 1.82) is 0 Å². The van der Waals surface area contributed by atoms with Crippen LogP contribution in [0, 0.1) is 11.8 Å². The van der Waals surface area contributed by atoms with Crippen molar-refractivity contribution in [3.8, 4) is 0 Å². The number of aromatic amines is 1. The number of rotatable bonds is 4. The largest absolute Gasteiger partial charge is 0.335 e. The summed E-state index contributed by atoms with van der Waals surface area (Å²) < 4.78 is 1.56. The van der Waals surface area contributed by atoms with Crippen LogP contribution in [0.5, 0.6) is 0 Å². The number of likely N-dealkylation sites (tertiary alicyclic amines) is 1. The van der Waals surface area contributed by atoms with E-state index in [1.165, 1.54) is 12.8 Å². The molecule has 1 aliphatic carbocycles. The van der Waals surface area contributed by atoms with Crippen LogP contribution in [0.25, 0.3) is 0 Å².